The summed E-state index contributed by atoms with van der Waals surface area (Å²) in [7, 11) is -3.48. The van der Waals surface area contributed by atoms with Crippen molar-refractivity contribution in [2.24, 2.45) is 16.5 Å². The molecule has 0 heterocycles. The van der Waals surface area contributed by atoms with E-state index in [9.17, 15) is 13.2 Å². The highest BCUT2D eigenvalue weighted by molar-refractivity contribution is 7.90. The van der Waals surface area contributed by atoms with Crippen molar-refractivity contribution in [3.63, 3.8) is 0 Å². The quantitative estimate of drug-likeness (QED) is 0.651. The van der Waals surface area contributed by atoms with Crippen LogP contribution in [0.25, 0.3) is 11.1 Å². The van der Waals surface area contributed by atoms with Crippen LogP contribution in [0.1, 0.15) is 10.4 Å². The molecule has 114 valence electrons. The number of hydrogen-bond acceptors (Lipinski definition) is 3. The van der Waals surface area contributed by atoms with Crippen molar-refractivity contribution in [3.05, 3.63) is 54.1 Å². The minimum Gasteiger partial charge on any atom is -0.370 e. The van der Waals surface area contributed by atoms with Crippen molar-refractivity contribution in [1.29, 1.82) is 0 Å². The summed E-state index contributed by atoms with van der Waals surface area (Å²) in [5.74, 6) is -1.07. The van der Waals surface area contributed by atoms with Crippen LogP contribution in [0.15, 0.2) is 58.4 Å². The van der Waals surface area contributed by atoms with Crippen LogP contribution in [0, 0.1) is 0 Å². The van der Waals surface area contributed by atoms with Crippen LogP contribution in [-0.2, 0) is 9.84 Å². The topological polar surface area (TPSA) is 116 Å². The Hall–Kier alpha value is -2.67. The van der Waals surface area contributed by atoms with E-state index >= 15 is 0 Å². The first-order chi connectivity index (χ1) is 10.3. The molecule has 0 aliphatic rings. The van der Waals surface area contributed by atoms with Gasteiger partial charge in [0.15, 0.2) is 15.8 Å². The number of benzene rings is 2. The van der Waals surface area contributed by atoms with Gasteiger partial charge in [0, 0.05) is 11.8 Å². The summed E-state index contributed by atoms with van der Waals surface area (Å²) in [5.41, 5.74) is 11.9. The lowest BCUT2D eigenvalue weighted by atomic mass is 10.0. The molecule has 0 radical (unpaired) electrons. The fraction of sp³-hybridized carbons (Fsp3) is 0.0667. The molecule has 1 amide bonds. The number of rotatable bonds is 3. The van der Waals surface area contributed by atoms with Gasteiger partial charge in [-0.15, -0.1) is 0 Å². The Morgan fingerprint density at radius 2 is 1.64 bits per heavy atom. The molecule has 0 unspecified atom stereocenters. The lowest BCUT2D eigenvalue weighted by molar-refractivity contribution is 0.100. The van der Waals surface area contributed by atoms with Gasteiger partial charge >= 0.3 is 0 Å². The number of guanidine groups is 1. The Labute approximate surface area is 128 Å². The third-order valence-corrected chi connectivity index (χ3v) is 4.01. The fourth-order valence-corrected chi connectivity index (χ4v) is 2.60. The molecule has 0 atom stereocenters. The second-order valence-corrected chi connectivity index (χ2v) is 6.74. The molecule has 0 spiro atoms. The fourth-order valence-electron chi connectivity index (χ4n) is 1.92. The Balaban J connectivity index is 2.66. The predicted octanol–water partition coefficient (Wildman–Crippen LogP) is 1.17. The Kier molecular flexibility index (Phi) is 4.27. The molecule has 0 aliphatic heterocycles. The Morgan fingerprint density at radius 3 is 2.18 bits per heavy atom. The minimum atomic E-state index is -3.48. The molecule has 0 bridgehead atoms. The van der Waals surface area contributed by atoms with Crippen molar-refractivity contribution in [2.45, 2.75) is 4.90 Å². The normalized spacial score (nSPS) is 11.0. The predicted molar refractivity (Wildman–Crippen MR) is 85.1 cm³/mol. The summed E-state index contributed by atoms with van der Waals surface area (Å²) in [6.07, 6.45) is 1.08. The van der Waals surface area contributed by atoms with Gasteiger partial charge in [-0.25, -0.2) is 8.42 Å². The molecule has 4 N–H and O–H groups in total. The van der Waals surface area contributed by atoms with Crippen LogP contribution in [-0.4, -0.2) is 26.5 Å². The van der Waals surface area contributed by atoms with Crippen LogP contribution < -0.4 is 11.5 Å². The van der Waals surface area contributed by atoms with E-state index < -0.39 is 15.7 Å². The van der Waals surface area contributed by atoms with Crippen LogP contribution in [0.2, 0.25) is 0 Å². The minimum absolute atomic E-state index is 0.0306. The number of nitrogens with two attached hydrogens (primary N) is 2. The zero-order valence-corrected chi connectivity index (χ0v) is 12.7. The van der Waals surface area contributed by atoms with Crippen molar-refractivity contribution >= 4 is 21.7 Å². The Morgan fingerprint density at radius 1 is 1.00 bits per heavy atom. The number of carbonyl (C=O) groups is 1. The van der Waals surface area contributed by atoms with Gasteiger partial charge in [0.05, 0.1) is 4.90 Å². The van der Waals surface area contributed by atoms with Crippen molar-refractivity contribution in [2.75, 3.05) is 6.26 Å². The van der Waals surface area contributed by atoms with Gasteiger partial charge in [-0.05, 0) is 29.3 Å². The highest BCUT2D eigenvalue weighted by atomic mass is 32.2. The molecule has 0 fully saturated rings. The SMILES string of the molecule is CS(=O)(=O)c1cc(C(=O)N=C(N)N)cc(-c2ccccc2)c1. The average molecular weight is 317 g/mol. The zero-order chi connectivity index (χ0) is 16.3. The highest BCUT2D eigenvalue weighted by Crippen LogP contribution is 2.25. The summed E-state index contributed by atoms with van der Waals surface area (Å²) < 4.78 is 23.6. The largest absolute Gasteiger partial charge is 0.370 e. The van der Waals surface area contributed by atoms with Crippen molar-refractivity contribution < 1.29 is 13.2 Å². The van der Waals surface area contributed by atoms with E-state index in [1.807, 2.05) is 30.3 Å². The lowest BCUT2D eigenvalue weighted by Gasteiger charge is -2.07. The van der Waals surface area contributed by atoms with E-state index in [-0.39, 0.29) is 16.4 Å². The summed E-state index contributed by atoms with van der Waals surface area (Å²) in [4.78, 5) is 15.5. The van der Waals surface area contributed by atoms with Gasteiger partial charge < -0.3 is 11.5 Å². The van der Waals surface area contributed by atoms with Gasteiger partial charge in [-0.1, -0.05) is 30.3 Å². The molecule has 2 rings (SSSR count). The first kappa shape index (κ1) is 15.7. The highest BCUT2D eigenvalue weighted by Gasteiger charge is 2.15. The van der Waals surface area contributed by atoms with Crippen LogP contribution in [0.4, 0.5) is 0 Å². The third kappa shape index (κ3) is 3.70. The molecular weight excluding hydrogens is 302 g/mol. The zero-order valence-electron chi connectivity index (χ0n) is 11.9. The van der Waals surface area contributed by atoms with E-state index in [1.54, 1.807) is 6.07 Å². The van der Waals surface area contributed by atoms with Crippen molar-refractivity contribution in [3.8, 4) is 11.1 Å². The maximum atomic E-state index is 12.0. The number of carbonyl (C=O) groups excluding carboxylic acids is 1. The number of sulfone groups is 1. The standard InChI is InChI=1S/C15H15N3O3S/c1-22(20,21)13-8-11(10-5-3-2-4-6-10)7-12(9-13)14(19)18-15(16)17/h2-9H,1H3,(H4,16,17,18,19). The molecule has 2 aromatic rings. The molecule has 6 nitrogen and oxygen atoms in total. The van der Waals surface area contributed by atoms with Gasteiger partial charge in [-0.2, -0.15) is 4.99 Å². The summed E-state index contributed by atoms with van der Waals surface area (Å²) in [6, 6.07) is 13.4. The van der Waals surface area contributed by atoms with E-state index in [0.717, 1.165) is 11.8 Å². The second kappa shape index (κ2) is 5.98. The summed E-state index contributed by atoms with van der Waals surface area (Å²) in [6.45, 7) is 0. The number of aliphatic imine (C=N–C) groups is 1. The maximum Gasteiger partial charge on any atom is 0.280 e. The van der Waals surface area contributed by atoms with Gasteiger partial charge in [-0.3, -0.25) is 4.79 Å². The van der Waals surface area contributed by atoms with E-state index in [4.69, 9.17) is 11.5 Å². The average Bonchev–Trinajstić information content (AvgIpc) is 2.46. The first-order valence-electron chi connectivity index (χ1n) is 6.32. The smallest absolute Gasteiger partial charge is 0.280 e. The number of hydrogen-bond donors (Lipinski definition) is 2. The number of nitrogens with zero attached hydrogens (tertiary/aromatic N) is 1. The van der Waals surface area contributed by atoms with Gasteiger partial charge in [0.1, 0.15) is 0 Å². The summed E-state index contributed by atoms with van der Waals surface area (Å²) >= 11 is 0. The summed E-state index contributed by atoms with van der Waals surface area (Å²) in [5, 5.41) is 0. The van der Waals surface area contributed by atoms with Crippen LogP contribution in [0.5, 0.6) is 0 Å². The maximum absolute atomic E-state index is 12.0. The molecular formula is C15H15N3O3S. The molecule has 0 saturated carbocycles. The second-order valence-electron chi connectivity index (χ2n) is 4.73. The Bertz CT molecular complexity index is 840. The van der Waals surface area contributed by atoms with Gasteiger partial charge in [0.25, 0.3) is 5.91 Å². The van der Waals surface area contributed by atoms with Crippen LogP contribution in [0.3, 0.4) is 0 Å². The van der Waals surface area contributed by atoms with E-state index in [2.05, 4.69) is 4.99 Å². The van der Waals surface area contributed by atoms with Crippen molar-refractivity contribution in [1.82, 2.24) is 0 Å². The molecule has 22 heavy (non-hydrogen) atoms. The van der Waals surface area contributed by atoms with E-state index in [0.29, 0.717) is 5.56 Å². The van der Waals surface area contributed by atoms with E-state index in [1.165, 1.54) is 12.1 Å². The first-order valence-corrected chi connectivity index (χ1v) is 8.21. The number of amides is 1. The molecule has 0 aliphatic carbocycles. The van der Waals surface area contributed by atoms with Crippen LogP contribution >= 0.6 is 0 Å². The monoisotopic (exact) mass is 317 g/mol. The molecule has 2 aromatic carbocycles. The third-order valence-electron chi connectivity index (χ3n) is 2.92. The lowest BCUT2D eigenvalue weighted by Crippen LogP contribution is -2.24. The molecule has 7 heteroatoms. The molecule has 0 saturated heterocycles. The van der Waals surface area contributed by atoms with Gasteiger partial charge in [0.2, 0.25) is 0 Å². The molecule has 0 aromatic heterocycles.